The van der Waals surface area contributed by atoms with Crippen LogP contribution >= 0.6 is 0 Å². The first kappa shape index (κ1) is 16.9. The molecule has 0 unspecified atom stereocenters. The van der Waals surface area contributed by atoms with E-state index in [2.05, 4.69) is 15.3 Å². The van der Waals surface area contributed by atoms with Gasteiger partial charge >= 0.3 is 6.18 Å². The van der Waals surface area contributed by atoms with Crippen molar-refractivity contribution in [3.05, 3.63) is 18.5 Å². The highest BCUT2D eigenvalue weighted by Gasteiger charge is 2.38. The van der Waals surface area contributed by atoms with Gasteiger partial charge in [-0.3, -0.25) is 0 Å². The number of rotatable bonds is 5. The van der Waals surface area contributed by atoms with Crippen molar-refractivity contribution in [3.8, 4) is 0 Å². The highest BCUT2D eigenvalue weighted by Crippen LogP contribution is 2.25. The van der Waals surface area contributed by atoms with Crippen molar-refractivity contribution >= 4 is 21.5 Å². The minimum atomic E-state index is -4.49. The largest absolute Gasteiger partial charge is 0.390 e. The van der Waals surface area contributed by atoms with E-state index in [1.165, 1.54) is 17.9 Å². The van der Waals surface area contributed by atoms with Crippen molar-refractivity contribution in [1.82, 2.24) is 24.1 Å². The van der Waals surface area contributed by atoms with Crippen LogP contribution in [0, 0.1) is 0 Å². The van der Waals surface area contributed by atoms with Crippen molar-refractivity contribution in [2.24, 2.45) is 0 Å². The molecule has 0 radical (unpaired) electrons. The zero-order valence-corrected chi connectivity index (χ0v) is 13.5. The van der Waals surface area contributed by atoms with Crippen LogP contribution in [0.3, 0.4) is 0 Å². The minimum absolute atomic E-state index is 0.363. The smallest absolute Gasteiger partial charge is 0.352 e. The summed E-state index contributed by atoms with van der Waals surface area (Å²) in [4.78, 5) is 1.83. The summed E-state index contributed by atoms with van der Waals surface area (Å²) in [5.74, 6) is -0.311. The molecule has 0 aromatic carbocycles. The lowest BCUT2D eigenvalue weighted by atomic mass is 10.1. The lowest BCUT2D eigenvalue weighted by Gasteiger charge is -2.43. The summed E-state index contributed by atoms with van der Waals surface area (Å²) in [6, 6.07) is 3.09. The molecule has 0 saturated carbocycles. The van der Waals surface area contributed by atoms with Gasteiger partial charge in [-0.05, 0) is 12.1 Å². The molecule has 1 fully saturated rings. The van der Waals surface area contributed by atoms with Gasteiger partial charge in [0.25, 0.3) is 0 Å². The van der Waals surface area contributed by atoms with Crippen LogP contribution in [0.25, 0.3) is 5.65 Å². The molecule has 0 spiro atoms. The molecule has 0 atom stereocenters. The Kier molecular flexibility index (Phi) is 4.11. The van der Waals surface area contributed by atoms with Crippen LogP contribution in [0.15, 0.2) is 18.5 Å². The number of halogens is 3. The molecule has 3 heterocycles. The van der Waals surface area contributed by atoms with Crippen LogP contribution in [0.4, 0.5) is 19.0 Å². The second-order valence-corrected chi connectivity index (χ2v) is 7.73. The number of fused-ring (bicyclic) bond motifs is 1. The van der Waals surface area contributed by atoms with E-state index in [0.29, 0.717) is 24.6 Å². The van der Waals surface area contributed by atoms with Gasteiger partial charge in [0.2, 0.25) is 10.0 Å². The zero-order chi connectivity index (χ0) is 17.5. The average molecular weight is 364 g/mol. The molecule has 0 amide bonds. The molecule has 24 heavy (non-hydrogen) atoms. The van der Waals surface area contributed by atoms with Crippen molar-refractivity contribution in [3.63, 3.8) is 0 Å². The maximum absolute atomic E-state index is 12.2. The summed E-state index contributed by atoms with van der Waals surface area (Å²) in [5, 5.41) is 11.8. The van der Waals surface area contributed by atoms with Crippen LogP contribution < -0.4 is 4.90 Å². The number of anilines is 1. The Hall–Kier alpha value is -1.95. The van der Waals surface area contributed by atoms with Gasteiger partial charge in [0.05, 0.1) is 18.2 Å². The minimum Gasteiger partial charge on any atom is -0.352 e. The summed E-state index contributed by atoms with van der Waals surface area (Å²) in [6.07, 6.45) is -4.39. The maximum atomic E-state index is 12.2. The van der Waals surface area contributed by atoms with Gasteiger partial charge in [-0.2, -0.15) is 22.0 Å². The summed E-state index contributed by atoms with van der Waals surface area (Å²) >= 11 is 0. The maximum Gasteiger partial charge on any atom is 0.390 e. The first-order valence-electron chi connectivity index (χ1n) is 7.10. The molecule has 3 rings (SSSR count). The molecule has 1 aliphatic heterocycles. The van der Waals surface area contributed by atoms with Crippen LogP contribution in [-0.2, 0) is 10.0 Å². The normalized spacial score (nSPS) is 16.8. The highest BCUT2D eigenvalue weighted by molar-refractivity contribution is 7.89. The molecule has 2 aromatic rings. The summed E-state index contributed by atoms with van der Waals surface area (Å²) < 4.78 is 63.1. The number of nitrogens with zero attached hydrogens (tertiary/aromatic N) is 6. The topological polar surface area (TPSA) is 83.7 Å². The van der Waals surface area contributed by atoms with Crippen molar-refractivity contribution in [2.75, 3.05) is 30.8 Å². The Labute approximate surface area is 135 Å². The SMILES string of the molecule is CN(C1CN(c2ccc3nncn3n2)C1)S(=O)(=O)CCC(F)(F)F. The third-order valence-electron chi connectivity index (χ3n) is 3.93. The Morgan fingerprint density at radius 3 is 2.71 bits per heavy atom. The quantitative estimate of drug-likeness (QED) is 0.770. The number of hydrogen-bond acceptors (Lipinski definition) is 6. The number of hydrogen-bond donors (Lipinski definition) is 0. The average Bonchev–Trinajstić information content (AvgIpc) is 2.90. The fraction of sp³-hybridized carbons (Fsp3) is 0.583. The third kappa shape index (κ3) is 3.43. The lowest BCUT2D eigenvalue weighted by molar-refractivity contribution is -0.130. The van der Waals surface area contributed by atoms with Gasteiger partial charge in [0.15, 0.2) is 5.65 Å². The molecule has 0 N–H and O–H groups in total. The number of aromatic nitrogens is 4. The third-order valence-corrected chi connectivity index (χ3v) is 5.83. The molecule has 12 heteroatoms. The van der Waals surface area contributed by atoms with Crippen LogP contribution in [0.5, 0.6) is 0 Å². The first-order chi connectivity index (χ1) is 11.2. The molecular weight excluding hydrogens is 349 g/mol. The monoisotopic (exact) mass is 364 g/mol. The van der Waals surface area contributed by atoms with Crippen molar-refractivity contribution in [1.29, 1.82) is 0 Å². The first-order valence-corrected chi connectivity index (χ1v) is 8.71. The molecule has 0 aliphatic carbocycles. The van der Waals surface area contributed by atoms with E-state index in [9.17, 15) is 21.6 Å². The second kappa shape index (κ2) is 5.84. The molecule has 1 saturated heterocycles. The van der Waals surface area contributed by atoms with E-state index in [1.54, 1.807) is 12.1 Å². The number of alkyl halides is 3. The van der Waals surface area contributed by atoms with Gasteiger partial charge in [-0.15, -0.1) is 15.3 Å². The highest BCUT2D eigenvalue weighted by atomic mass is 32.2. The lowest BCUT2D eigenvalue weighted by Crippen LogP contribution is -2.60. The van der Waals surface area contributed by atoms with E-state index in [4.69, 9.17) is 0 Å². The molecule has 8 nitrogen and oxygen atoms in total. The van der Waals surface area contributed by atoms with Crippen LogP contribution in [0.2, 0.25) is 0 Å². The Bertz CT molecular complexity index is 831. The summed E-state index contributed by atoms with van der Waals surface area (Å²) in [6.45, 7) is 0.727. The van der Waals surface area contributed by atoms with Crippen molar-refractivity contribution < 1.29 is 21.6 Å². The van der Waals surface area contributed by atoms with Gasteiger partial charge < -0.3 is 4.90 Å². The molecule has 0 bridgehead atoms. The Balaban J connectivity index is 1.60. The standard InChI is InChI=1S/C12H15F3N6O2S/c1-19(24(22,23)5-4-12(13,14)15)9-6-20(7-9)11-3-2-10-17-16-8-21(10)18-11/h2-3,8-9H,4-7H2,1H3. The number of sulfonamides is 1. The van der Waals surface area contributed by atoms with E-state index >= 15 is 0 Å². The Morgan fingerprint density at radius 2 is 2.04 bits per heavy atom. The predicted octanol–water partition coefficient (Wildman–Crippen LogP) is 0.527. The summed E-state index contributed by atoms with van der Waals surface area (Å²) in [5.41, 5.74) is 0.586. The van der Waals surface area contributed by atoms with Crippen LogP contribution in [0.1, 0.15) is 6.42 Å². The predicted molar refractivity (Wildman–Crippen MR) is 79.0 cm³/mol. The van der Waals surface area contributed by atoms with Gasteiger partial charge in [-0.1, -0.05) is 0 Å². The van der Waals surface area contributed by atoms with Gasteiger partial charge in [0, 0.05) is 20.1 Å². The van der Waals surface area contributed by atoms with E-state index in [-0.39, 0.29) is 6.04 Å². The van der Waals surface area contributed by atoms with Gasteiger partial charge in [0.1, 0.15) is 12.1 Å². The van der Waals surface area contributed by atoms with E-state index in [0.717, 1.165) is 4.31 Å². The zero-order valence-electron chi connectivity index (χ0n) is 12.7. The van der Waals surface area contributed by atoms with Crippen molar-refractivity contribution in [2.45, 2.75) is 18.6 Å². The van der Waals surface area contributed by atoms with Crippen LogP contribution in [-0.4, -0.2) is 70.6 Å². The molecule has 1 aliphatic rings. The Morgan fingerprint density at radius 1 is 1.33 bits per heavy atom. The fourth-order valence-electron chi connectivity index (χ4n) is 2.38. The molecule has 2 aromatic heterocycles. The van der Waals surface area contributed by atoms with E-state index in [1.807, 2.05) is 4.90 Å². The fourth-order valence-corrected chi connectivity index (χ4v) is 3.74. The number of likely N-dealkylation sites (N-methyl/N-ethyl adjacent to an activating group) is 1. The molecule has 132 valence electrons. The van der Waals surface area contributed by atoms with Gasteiger partial charge in [-0.25, -0.2) is 8.42 Å². The van der Waals surface area contributed by atoms with E-state index < -0.39 is 28.4 Å². The molecular formula is C12H15F3N6O2S. The summed E-state index contributed by atoms with van der Waals surface area (Å²) in [7, 11) is -2.63. The second-order valence-electron chi connectivity index (χ2n) is 5.58.